The fourth-order valence-electron chi connectivity index (χ4n) is 3.10. The van der Waals surface area contributed by atoms with Gasteiger partial charge in [0.05, 0.1) is 25.1 Å². The molecular formula is C22H22N2O2. The van der Waals surface area contributed by atoms with Crippen LogP contribution in [0.5, 0.6) is 5.75 Å². The third kappa shape index (κ3) is 4.46. The molecule has 2 atom stereocenters. The Labute approximate surface area is 153 Å². The van der Waals surface area contributed by atoms with E-state index in [2.05, 4.69) is 28.2 Å². The van der Waals surface area contributed by atoms with Crippen LogP contribution >= 0.6 is 0 Å². The number of ether oxygens (including phenoxy) is 2. The van der Waals surface area contributed by atoms with E-state index in [4.69, 9.17) is 9.47 Å². The molecular weight excluding hydrogens is 324 g/mol. The van der Waals surface area contributed by atoms with Crippen molar-refractivity contribution in [1.82, 2.24) is 9.97 Å². The zero-order valence-electron chi connectivity index (χ0n) is 14.6. The predicted octanol–water partition coefficient (Wildman–Crippen LogP) is 4.38. The van der Waals surface area contributed by atoms with Crippen molar-refractivity contribution in [1.29, 1.82) is 0 Å². The average Bonchev–Trinajstić information content (AvgIpc) is 3.48. The molecule has 2 unspecified atom stereocenters. The highest BCUT2D eigenvalue weighted by Gasteiger charge is 2.38. The Morgan fingerprint density at radius 2 is 1.85 bits per heavy atom. The molecule has 0 bridgehead atoms. The highest BCUT2D eigenvalue weighted by Crippen LogP contribution is 2.47. The van der Waals surface area contributed by atoms with Crippen LogP contribution in [0.2, 0.25) is 0 Å². The minimum atomic E-state index is 0.520. The summed E-state index contributed by atoms with van der Waals surface area (Å²) in [5.41, 5.74) is 3.37. The fourth-order valence-corrected chi connectivity index (χ4v) is 3.10. The maximum Gasteiger partial charge on any atom is 0.138 e. The molecule has 1 aliphatic carbocycles. The first-order valence-electron chi connectivity index (χ1n) is 8.98. The van der Waals surface area contributed by atoms with Gasteiger partial charge in [-0.25, -0.2) is 0 Å². The van der Waals surface area contributed by atoms with E-state index >= 15 is 0 Å². The second-order valence-electron chi connectivity index (χ2n) is 6.67. The van der Waals surface area contributed by atoms with E-state index in [-0.39, 0.29) is 0 Å². The van der Waals surface area contributed by atoms with E-state index in [1.807, 2.05) is 42.6 Å². The summed E-state index contributed by atoms with van der Waals surface area (Å²) in [6.07, 6.45) is 6.66. The van der Waals surface area contributed by atoms with Crippen molar-refractivity contribution in [2.45, 2.75) is 25.6 Å². The second kappa shape index (κ2) is 8.11. The van der Waals surface area contributed by atoms with Crippen LogP contribution < -0.4 is 4.74 Å². The van der Waals surface area contributed by atoms with Crippen molar-refractivity contribution < 1.29 is 9.47 Å². The van der Waals surface area contributed by atoms with Gasteiger partial charge in [0, 0.05) is 12.4 Å². The summed E-state index contributed by atoms with van der Waals surface area (Å²) in [7, 11) is 0. The Balaban J connectivity index is 1.26. The normalized spacial score (nSPS) is 18.5. The Bertz CT molecular complexity index is 824. The topological polar surface area (TPSA) is 44.2 Å². The third-order valence-corrected chi connectivity index (χ3v) is 4.64. The Morgan fingerprint density at radius 3 is 2.69 bits per heavy atom. The molecule has 26 heavy (non-hydrogen) atoms. The summed E-state index contributed by atoms with van der Waals surface area (Å²) in [6, 6.07) is 18.2. The van der Waals surface area contributed by atoms with Crippen LogP contribution in [-0.2, 0) is 18.0 Å². The molecule has 4 nitrogen and oxygen atoms in total. The highest BCUT2D eigenvalue weighted by atomic mass is 16.5. The number of nitrogens with zero attached hydrogens (tertiary/aromatic N) is 2. The molecule has 2 aromatic heterocycles. The van der Waals surface area contributed by atoms with E-state index in [1.165, 1.54) is 5.56 Å². The smallest absolute Gasteiger partial charge is 0.138 e. The minimum Gasteiger partial charge on any atom is -0.487 e. The van der Waals surface area contributed by atoms with Crippen molar-refractivity contribution >= 4 is 0 Å². The lowest BCUT2D eigenvalue weighted by Crippen LogP contribution is -2.00. The maximum absolute atomic E-state index is 5.88. The zero-order chi connectivity index (χ0) is 17.6. The Morgan fingerprint density at radius 1 is 0.962 bits per heavy atom. The van der Waals surface area contributed by atoms with Gasteiger partial charge in [-0.2, -0.15) is 0 Å². The van der Waals surface area contributed by atoms with Crippen molar-refractivity contribution in [3.05, 3.63) is 90.0 Å². The van der Waals surface area contributed by atoms with Crippen LogP contribution in [-0.4, -0.2) is 16.6 Å². The van der Waals surface area contributed by atoms with Gasteiger partial charge in [-0.3, -0.25) is 9.97 Å². The number of aromatic nitrogens is 2. The quantitative estimate of drug-likeness (QED) is 0.607. The summed E-state index contributed by atoms with van der Waals surface area (Å²) < 4.78 is 11.7. The molecule has 132 valence electrons. The maximum atomic E-state index is 5.88. The van der Waals surface area contributed by atoms with Gasteiger partial charge in [0.2, 0.25) is 0 Å². The van der Waals surface area contributed by atoms with Crippen LogP contribution in [0.15, 0.2) is 73.2 Å². The molecule has 0 saturated heterocycles. The zero-order valence-corrected chi connectivity index (χ0v) is 14.6. The lowest BCUT2D eigenvalue weighted by molar-refractivity contribution is 0.107. The summed E-state index contributed by atoms with van der Waals surface area (Å²) in [5.74, 6) is 1.91. The van der Waals surface area contributed by atoms with Crippen LogP contribution in [0.1, 0.15) is 29.2 Å². The molecule has 3 aromatic rings. The number of rotatable bonds is 8. The average molecular weight is 346 g/mol. The van der Waals surface area contributed by atoms with Gasteiger partial charge in [0.25, 0.3) is 0 Å². The van der Waals surface area contributed by atoms with E-state index in [1.54, 1.807) is 12.4 Å². The van der Waals surface area contributed by atoms with Gasteiger partial charge in [0.1, 0.15) is 12.4 Å². The SMILES string of the molecule is c1ccc(COc2cncc(C3CC3COCc3ccccn3)c2)cc1. The highest BCUT2D eigenvalue weighted by molar-refractivity contribution is 5.30. The van der Waals surface area contributed by atoms with Crippen molar-refractivity contribution in [2.75, 3.05) is 6.61 Å². The number of pyridine rings is 2. The molecule has 4 heteroatoms. The van der Waals surface area contributed by atoms with Crippen LogP contribution in [0.25, 0.3) is 0 Å². The van der Waals surface area contributed by atoms with Gasteiger partial charge in [0.15, 0.2) is 0 Å². The number of hydrogen-bond donors (Lipinski definition) is 0. The van der Waals surface area contributed by atoms with E-state index in [0.29, 0.717) is 25.0 Å². The number of hydrogen-bond acceptors (Lipinski definition) is 4. The van der Waals surface area contributed by atoms with Crippen molar-refractivity contribution in [2.24, 2.45) is 5.92 Å². The first-order valence-corrected chi connectivity index (χ1v) is 8.98. The summed E-state index contributed by atoms with van der Waals surface area (Å²) in [4.78, 5) is 8.62. The van der Waals surface area contributed by atoms with E-state index < -0.39 is 0 Å². The van der Waals surface area contributed by atoms with Gasteiger partial charge in [-0.15, -0.1) is 0 Å². The largest absolute Gasteiger partial charge is 0.487 e. The molecule has 2 heterocycles. The summed E-state index contributed by atoms with van der Waals surface area (Å²) in [6.45, 7) is 1.89. The molecule has 4 rings (SSSR count). The summed E-state index contributed by atoms with van der Waals surface area (Å²) in [5, 5.41) is 0. The fraction of sp³-hybridized carbons (Fsp3) is 0.273. The molecule has 0 N–H and O–H groups in total. The van der Waals surface area contributed by atoms with Gasteiger partial charge in [-0.1, -0.05) is 36.4 Å². The Kier molecular flexibility index (Phi) is 5.22. The predicted molar refractivity (Wildman–Crippen MR) is 99.8 cm³/mol. The van der Waals surface area contributed by atoms with Crippen molar-refractivity contribution in [3.8, 4) is 5.75 Å². The van der Waals surface area contributed by atoms with Gasteiger partial charge < -0.3 is 9.47 Å². The lowest BCUT2D eigenvalue weighted by atomic mass is 10.1. The monoisotopic (exact) mass is 346 g/mol. The molecule has 1 saturated carbocycles. The second-order valence-corrected chi connectivity index (χ2v) is 6.67. The standard InChI is InChI=1S/C22H22N2O2/c1-2-6-17(7-3-1)14-26-21-10-18(12-23-13-21)22-11-19(22)15-25-16-20-8-4-5-9-24-20/h1-10,12-13,19,22H,11,14-16H2. The lowest BCUT2D eigenvalue weighted by Gasteiger charge is -2.08. The minimum absolute atomic E-state index is 0.520. The molecule has 0 amide bonds. The van der Waals surface area contributed by atoms with Gasteiger partial charge in [-0.05, 0) is 47.6 Å². The van der Waals surface area contributed by atoms with E-state index in [9.17, 15) is 0 Å². The summed E-state index contributed by atoms with van der Waals surface area (Å²) >= 11 is 0. The molecule has 1 fully saturated rings. The molecule has 1 aromatic carbocycles. The molecule has 1 aliphatic rings. The molecule has 0 aliphatic heterocycles. The molecule has 0 radical (unpaired) electrons. The van der Waals surface area contributed by atoms with Crippen LogP contribution in [0.4, 0.5) is 0 Å². The van der Waals surface area contributed by atoms with Crippen LogP contribution in [0, 0.1) is 5.92 Å². The van der Waals surface area contributed by atoms with E-state index in [0.717, 1.165) is 30.0 Å². The number of benzene rings is 1. The Hall–Kier alpha value is -2.72. The van der Waals surface area contributed by atoms with Crippen LogP contribution in [0.3, 0.4) is 0 Å². The first kappa shape index (κ1) is 16.7. The van der Waals surface area contributed by atoms with Gasteiger partial charge >= 0.3 is 0 Å². The first-order chi connectivity index (χ1) is 12.9. The molecule has 0 spiro atoms. The van der Waals surface area contributed by atoms with Crippen molar-refractivity contribution in [3.63, 3.8) is 0 Å². The third-order valence-electron chi connectivity index (χ3n) is 4.64.